The van der Waals surface area contributed by atoms with Crippen molar-refractivity contribution in [1.29, 1.82) is 0 Å². The van der Waals surface area contributed by atoms with E-state index < -0.39 is 5.97 Å². The molecule has 1 aromatic rings. The zero-order chi connectivity index (χ0) is 15.0. The zero-order valence-corrected chi connectivity index (χ0v) is 13.3. The summed E-state index contributed by atoms with van der Waals surface area (Å²) in [5.74, 6) is -1.10. The van der Waals surface area contributed by atoms with Gasteiger partial charge in [-0.05, 0) is 31.0 Å². The number of benzene rings is 1. The van der Waals surface area contributed by atoms with Crippen molar-refractivity contribution in [2.24, 2.45) is 0 Å². The van der Waals surface area contributed by atoms with Crippen LogP contribution in [0.2, 0.25) is 0 Å². The van der Waals surface area contributed by atoms with Gasteiger partial charge in [-0.2, -0.15) is 0 Å². The van der Waals surface area contributed by atoms with E-state index in [4.69, 9.17) is 5.11 Å². The summed E-state index contributed by atoms with van der Waals surface area (Å²) in [6, 6.07) is 7.63. The number of carboxylic acids is 1. The molecule has 0 spiro atoms. The van der Waals surface area contributed by atoms with Crippen LogP contribution in [0, 0.1) is 0 Å². The normalized spacial score (nSPS) is 10.0. The topological polar surface area (TPSA) is 69.6 Å². The number of hydrogen-bond acceptors (Lipinski definition) is 3. The summed E-state index contributed by atoms with van der Waals surface area (Å²) in [7, 11) is 0. The molecule has 6 heteroatoms. The van der Waals surface area contributed by atoms with Gasteiger partial charge in [-0.25, -0.2) is 0 Å². The molecule has 0 fully saturated rings. The predicted octanol–water partition coefficient (Wildman–Crippen LogP) is 2.41. The molecule has 1 amide bonds. The highest BCUT2D eigenvalue weighted by molar-refractivity contribution is 5.93. The zero-order valence-electron chi connectivity index (χ0n) is 12.5. The van der Waals surface area contributed by atoms with E-state index in [1.165, 1.54) is 0 Å². The van der Waals surface area contributed by atoms with E-state index in [1.54, 1.807) is 4.90 Å². The number of aryl methyl sites for hydroxylation is 1. The Bertz CT molecular complexity index is 466. The summed E-state index contributed by atoms with van der Waals surface area (Å²) in [6.45, 7) is 4.56. The van der Waals surface area contributed by atoms with E-state index >= 15 is 0 Å². The number of carboxylic acid groups (broad SMARTS) is 1. The maximum absolute atomic E-state index is 12.0. The lowest BCUT2D eigenvalue weighted by Crippen LogP contribution is -2.37. The van der Waals surface area contributed by atoms with Crippen molar-refractivity contribution in [2.45, 2.75) is 26.7 Å². The van der Waals surface area contributed by atoms with Crippen molar-refractivity contribution < 1.29 is 14.7 Å². The first-order chi connectivity index (χ1) is 9.56. The Balaban J connectivity index is 0.00000400. The van der Waals surface area contributed by atoms with Crippen LogP contribution in [-0.2, 0) is 16.0 Å². The summed E-state index contributed by atoms with van der Waals surface area (Å²) < 4.78 is 0. The molecule has 0 heterocycles. The van der Waals surface area contributed by atoms with Crippen molar-refractivity contribution >= 4 is 30.0 Å². The molecule has 0 aliphatic heterocycles. The minimum Gasteiger partial charge on any atom is -0.480 e. The first-order valence-electron chi connectivity index (χ1n) is 6.88. The Morgan fingerprint density at radius 3 is 2.43 bits per heavy atom. The summed E-state index contributed by atoms with van der Waals surface area (Å²) in [6.07, 6.45) is 1.65. The number of nitrogens with one attached hydrogen (secondary N) is 1. The molecule has 0 saturated heterocycles. The molecule has 0 bridgehead atoms. The Kier molecular flexibility index (Phi) is 9.41. The van der Waals surface area contributed by atoms with E-state index in [-0.39, 0.29) is 31.4 Å². The van der Waals surface area contributed by atoms with E-state index in [0.717, 1.165) is 24.1 Å². The number of aliphatic carboxylic acids is 1. The second kappa shape index (κ2) is 10.2. The van der Waals surface area contributed by atoms with Crippen molar-refractivity contribution in [3.05, 3.63) is 29.8 Å². The highest BCUT2D eigenvalue weighted by Gasteiger charge is 2.14. The van der Waals surface area contributed by atoms with Crippen LogP contribution in [0.5, 0.6) is 0 Å². The minimum atomic E-state index is -0.916. The quantitative estimate of drug-likeness (QED) is 0.773. The van der Waals surface area contributed by atoms with Crippen LogP contribution in [0.4, 0.5) is 5.69 Å². The van der Waals surface area contributed by atoms with Crippen LogP contribution in [0.1, 0.15) is 25.8 Å². The van der Waals surface area contributed by atoms with Crippen molar-refractivity contribution in [3.8, 4) is 0 Å². The predicted molar refractivity (Wildman–Crippen MR) is 86.1 cm³/mol. The van der Waals surface area contributed by atoms with Crippen LogP contribution in [0.15, 0.2) is 24.3 Å². The largest absolute Gasteiger partial charge is 0.480 e. The molecule has 0 aliphatic carbocycles. The number of rotatable bonds is 8. The molecule has 21 heavy (non-hydrogen) atoms. The molecule has 0 saturated carbocycles. The summed E-state index contributed by atoms with van der Waals surface area (Å²) in [4.78, 5) is 24.4. The highest BCUT2D eigenvalue weighted by atomic mass is 35.5. The SMILES string of the molecule is CCCN(CC(=O)O)CC(=O)Nc1ccccc1CC.Cl. The Labute approximate surface area is 131 Å². The average Bonchev–Trinajstić information content (AvgIpc) is 2.38. The Morgan fingerprint density at radius 1 is 1.19 bits per heavy atom. The fraction of sp³-hybridized carbons (Fsp3) is 0.467. The standard InChI is InChI=1S/C15H22N2O3.ClH/c1-3-9-17(11-15(19)20)10-14(18)16-13-8-6-5-7-12(13)4-2;/h5-8H,3-4,9-11H2,1-2H3,(H,16,18)(H,19,20);1H. The lowest BCUT2D eigenvalue weighted by molar-refractivity contribution is -0.138. The Hall–Kier alpha value is -1.59. The van der Waals surface area contributed by atoms with Gasteiger partial charge in [0.25, 0.3) is 0 Å². The lowest BCUT2D eigenvalue weighted by Gasteiger charge is -2.19. The van der Waals surface area contributed by atoms with Crippen molar-refractivity contribution in [3.63, 3.8) is 0 Å². The third-order valence-corrected chi connectivity index (χ3v) is 2.94. The number of anilines is 1. The van der Waals surface area contributed by atoms with Gasteiger partial charge in [0, 0.05) is 5.69 Å². The summed E-state index contributed by atoms with van der Waals surface area (Å²) in [5.41, 5.74) is 1.87. The van der Waals surface area contributed by atoms with Gasteiger partial charge in [-0.15, -0.1) is 12.4 Å². The van der Waals surface area contributed by atoms with Gasteiger partial charge < -0.3 is 10.4 Å². The second-order valence-electron chi connectivity index (χ2n) is 4.66. The van der Waals surface area contributed by atoms with Crippen LogP contribution >= 0.6 is 12.4 Å². The van der Waals surface area contributed by atoms with Gasteiger partial charge in [-0.3, -0.25) is 14.5 Å². The van der Waals surface area contributed by atoms with Gasteiger partial charge in [0.1, 0.15) is 0 Å². The van der Waals surface area contributed by atoms with E-state index in [9.17, 15) is 9.59 Å². The third-order valence-electron chi connectivity index (χ3n) is 2.94. The molecule has 1 aromatic carbocycles. The molecule has 0 aliphatic rings. The van der Waals surface area contributed by atoms with Crippen LogP contribution in [-0.4, -0.2) is 41.5 Å². The van der Waals surface area contributed by atoms with Crippen molar-refractivity contribution in [1.82, 2.24) is 4.90 Å². The van der Waals surface area contributed by atoms with Gasteiger partial charge in [0.2, 0.25) is 5.91 Å². The molecule has 5 nitrogen and oxygen atoms in total. The summed E-state index contributed by atoms with van der Waals surface area (Å²) in [5, 5.41) is 11.7. The molecular weight excluding hydrogens is 292 g/mol. The van der Waals surface area contributed by atoms with Gasteiger partial charge in [0.05, 0.1) is 13.1 Å². The number of para-hydroxylation sites is 1. The molecule has 1 rings (SSSR count). The van der Waals surface area contributed by atoms with Gasteiger partial charge in [0.15, 0.2) is 0 Å². The van der Waals surface area contributed by atoms with Crippen LogP contribution < -0.4 is 5.32 Å². The Morgan fingerprint density at radius 2 is 1.86 bits per heavy atom. The molecule has 2 N–H and O–H groups in total. The number of carbonyl (C=O) groups is 2. The number of amides is 1. The lowest BCUT2D eigenvalue weighted by atomic mass is 10.1. The molecule has 0 radical (unpaired) electrons. The number of halogens is 1. The number of hydrogen-bond donors (Lipinski definition) is 2. The smallest absolute Gasteiger partial charge is 0.317 e. The maximum Gasteiger partial charge on any atom is 0.317 e. The van der Waals surface area contributed by atoms with Crippen LogP contribution in [0.25, 0.3) is 0 Å². The monoisotopic (exact) mass is 314 g/mol. The molecular formula is C15H23ClN2O3. The summed E-state index contributed by atoms with van der Waals surface area (Å²) >= 11 is 0. The third kappa shape index (κ3) is 7.11. The average molecular weight is 315 g/mol. The van der Waals surface area contributed by atoms with Crippen LogP contribution in [0.3, 0.4) is 0 Å². The molecule has 0 unspecified atom stereocenters. The second-order valence-corrected chi connectivity index (χ2v) is 4.66. The number of carbonyl (C=O) groups excluding carboxylic acids is 1. The van der Waals surface area contributed by atoms with Crippen molar-refractivity contribution in [2.75, 3.05) is 25.0 Å². The molecule has 0 aromatic heterocycles. The van der Waals surface area contributed by atoms with E-state index in [1.807, 2.05) is 38.1 Å². The number of nitrogens with zero attached hydrogens (tertiary/aromatic N) is 1. The van der Waals surface area contributed by atoms with E-state index in [0.29, 0.717) is 6.54 Å². The molecule has 0 atom stereocenters. The highest BCUT2D eigenvalue weighted by Crippen LogP contribution is 2.15. The van der Waals surface area contributed by atoms with E-state index in [2.05, 4.69) is 5.32 Å². The van der Waals surface area contributed by atoms with Gasteiger partial charge >= 0.3 is 5.97 Å². The minimum absolute atomic E-state index is 0. The fourth-order valence-electron chi connectivity index (χ4n) is 2.06. The molecule has 118 valence electrons. The first-order valence-corrected chi connectivity index (χ1v) is 6.88. The fourth-order valence-corrected chi connectivity index (χ4v) is 2.06. The maximum atomic E-state index is 12.0. The first kappa shape index (κ1) is 19.4. The van der Waals surface area contributed by atoms with Gasteiger partial charge in [-0.1, -0.05) is 32.0 Å².